The normalized spacial score (nSPS) is 11.2. The molecule has 0 heterocycles. The van der Waals surface area contributed by atoms with E-state index in [2.05, 4.69) is 29.4 Å². The molecular weight excluding hydrogens is 268 g/mol. The van der Waals surface area contributed by atoms with E-state index in [1.165, 1.54) is 18.4 Å². The van der Waals surface area contributed by atoms with Gasteiger partial charge in [-0.3, -0.25) is 4.79 Å². The van der Waals surface area contributed by atoms with Crippen molar-refractivity contribution in [1.29, 1.82) is 0 Å². The van der Waals surface area contributed by atoms with Crippen molar-refractivity contribution < 1.29 is 9.53 Å². The molecule has 0 aliphatic heterocycles. The van der Waals surface area contributed by atoms with Crippen LogP contribution in [0.25, 0.3) is 0 Å². The van der Waals surface area contributed by atoms with Gasteiger partial charge in [-0.1, -0.05) is 34.3 Å². The molecule has 0 aromatic heterocycles. The molecule has 0 saturated carbocycles. The van der Waals surface area contributed by atoms with Crippen LogP contribution in [0.1, 0.15) is 52.9 Å². The van der Waals surface area contributed by atoms with Crippen LogP contribution >= 0.6 is 15.9 Å². The number of esters is 1. The van der Waals surface area contributed by atoms with Crippen molar-refractivity contribution in [3.8, 4) is 0 Å². The lowest BCUT2D eigenvalue weighted by molar-refractivity contribution is -0.145. The van der Waals surface area contributed by atoms with Crippen LogP contribution in [0.5, 0.6) is 0 Å². The summed E-state index contributed by atoms with van der Waals surface area (Å²) in [5, 5.41) is 0. The molecule has 0 aliphatic rings. The first-order chi connectivity index (χ1) is 7.34. The molecule has 0 aliphatic carbocycles. The summed E-state index contributed by atoms with van der Waals surface area (Å²) in [5.41, 5.74) is 1.24. The highest BCUT2D eigenvalue weighted by Gasteiger charge is 2.24. The van der Waals surface area contributed by atoms with E-state index in [4.69, 9.17) is 4.74 Å². The quantitative estimate of drug-likeness (QED) is 0.289. The van der Waals surface area contributed by atoms with Crippen LogP contribution in [-0.4, -0.2) is 16.9 Å². The fourth-order valence-electron chi connectivity index (χ4n) is 1.22. The van der Waals surface area contributed by atoms with Gasteiger partial charge in [-0.2, -0.15) is 0 Å². The Kier molecular flexibility index (Phi) is 7.73. The van der Waals surface area contributed by atoms with Crippen molar-refractivity contribution in [2.24, 2.45) is 0 Å². The predicted octanol–water partition coefficient (Wildman–Crippen LogP) is 4.23. The Hall–Kier alpha value is -0.310. The SMILES string of the molecule is C=C(C)CCCCCCOC(=O)C(C)(C)Br. The number of hydrogen-bond acceptors (Lipinski definition) is 2. The molecule has 0 saturated heterocycles. The summed E-state index contributed by atoms with van der Waals surface area (Å²) in [4.78, 5) is 11.4. The Morgan fingerprint density at radius 1 is 1.25 bits per heavy atom. The van der Waals surface area contributed by atoms with Gasteiger partial charge in [0.1, 0.15) is 4.32 Å². The van der Waals surface area contributed by atoms with Gasteiger partial charge in [0.2, 0.25) is 0 Å². The van der Waals surface area contributed by atoms with Gasteiger partial charge in [-0.15, -0.1) is 6.58 Å². The zero-order chi connectivity index (χ0) is 12.6. The Morgan fingerprint density at radius 3 is 2.31 bits per heavy atom. The van der Waals surface area contributed by atoms with E-state index < -0.39 is 4.32 Å². The van der Waals surface area contributed by atoms with E-state index in [9.17, 15) is 4.79 Å². The van der Waals surface area contributed by atoms with Gasteiger partial charge in [-0.05, 0) is 40.0 Å². The topological polar surface area (TPSA) is 26.3 Å². The smallest absolute Gasteiger partial charge is 0.322 e. The molecule has 0 radical (unpaired) electrons. The lowest BCUT2D eigenvalue weighted by atomic mass is 10.1. The highest BCUT2D eigenvalue weighted by Crippen LogP contribution is 2.17. The predicted molar refractivity (Wildman–Crippen MR) is 71.9 cm³/mol. The molecule has 0 atom stereocenters. The van der Waals surface area contributed by atoms with Crippen LogP contribution in [0, 0.1) is 0 Å². The van der Waals surface area contributed by atoms with Crippen LogP contribution in [0.2, 0.25) is 0 Å². The first-order valence-corrected chi connectivity index (χ1v) is 6.64. The first kappa shape index (κ1) is 15.7. The molecule has 16 heavy (non-hydrogen) atoms. The second-order valence-corrected chi connectivity index (χ2v) is 6.71. The summed E-state index contributed by atoms with van der Waals surface area (Å²) >= 11 is 3.27. The highest BCUT2D eigenvalue weighted by molar-refractivity contribution is 9.10. The van der Waals surface area contributed by atoms with Crippen LogP contribution in [0.3, 0.4) is 0 Å². The lowest BCUT2D eigenvalue weighted by Gasteiger charge is -2.14. The fourth-order valence-corrected chi connectivity index (χ4v) is 1.33. The lowest BCUT2D eigenvalue weighted by Crippen LogP contribution is -2.26. The van der Waals surface area contributed by atoms with E-state index in [1.54, 1.807) is 13.8 Å². The second-order valence-electron chi connectivity index (χ2n) is 4.73. The Morgan fingerprint density at radius 2 is 1.81 bits per heavy atom. The molecular formula is C13H23BrO2. The zero-order valence-electron chi connectivity index (χ0n) is 10.6. The van der Waals surface area contributed by atoms with Crippen molar-refractivity contribution in [1.82, 2.24) is 0 Å². The van der Waals surface area contributed by atoms with Gasteiger partial charge in [0.15, 0.2) is 0 Å². The number of alkyl halides is 1. The standard InChI is InChI=1S/C13H23BrO2/c1-11(2)9-7-5-6-8-10-16-12(15)13(3,4)14/h1,5-10H2,2-4H3. The Balaban J connectivity index is 3.34. The maximum atomic E-state index is 11.4. The monoisotopic (exact) mass is 290 g/mol. The number of rotatable bonds is 8. The molecule has 3 heteroatoms. The summed E-state index contributed by atoms with van der Waals surface area (Å²) in [6.45, 7) is 10.0. The molecule has 0 N–H and O–H groups in total. The van der Waals surface area contributed by atoms with Gasteiger partial charge >= 0.3 is 5.97 Å². The summed E-state index contributed by atoms with van der Waals surface area (Å²) < 4.78 is 4.57. The van der Waals surface area contributed by atoms with Crippen LogP contribution in [0.15, 0.2) is 12.2 Å². The van der Waals surface area contributed by atoms with Crippen LogP contribution in [-0.2, 0) is 9.53 Å². The number of carbonyl (C=O) groups is 1. The summed E-state index contributed by atoms with van der Waals surface area (Å²) in [5.74, 6) is -0.186. The Bertz CT molecular complexity index is 229. The van der Waals surface area contributed by atoms with Gasteiger partial charge in [0.05, 0.1) is 6.61 Å². The summed E-state index contributed by atoms with van der Waals surface area (Å²) in [6.07, 6.45) is 5.54. The third-order valence-electron chi connectivity index (χ3n) is 2.22. The summed E-state index contributed by atoms with van der Waals surface area (Å²) in [6, 6.07) is 0. The van der Waals surface area contributed by atoms with E-state index in [0.717, 1.165) is 19.3 Å². The molecule has 0 rings (SSSR count). The van der Waals surface area contributed by atoms with E-state index >= 15 is 0 Å². The molecule has 0 aromatic rings. The van der Waals surface area contributed by atoms with Gasteiger partial charge in [0.25, 0.3) is 0 Å². The molecule has 0 amide bonds. The van der Waals surface area contributed by atoms with Crippen LogP contribution in [0.4, 0.5) is 0 Å². The maximum Gasteiger partial charge on any atom is 0.322 e. The second kappa shape index (κ2) is 7.88. The fraction of sp³-hybridized carbons (Fsp3) is 0.769. The number of halogens is 1. The minimum atomic E-state index is -0.563. The minimum absolute atomic E-state index is 0.186. The van der Waals surface area contributed by atoms with Crippen molar-refractivity contribution in [2.75, 3.05) is 6.61 Å². The van der Waals surface area contributed by atoms with E-state index in [1.807, 2.05) is 0 Å². The zero-order valence-corrected chi connectivity index (χ0v) is 12.2. The van der Waals surface area contributed by atoms with Crippen molar-refractivity contribution in [3.05, 3.63) is 12.2 Å². The van der Waals surface area contributed by atoms with E-state index in [-0.39, 0.29) is 5.97 Å². The van der Waals surface area contributed by atoms with Gasteiger partial charge in [-0.25, -0.2) is 0 Å². The molecule has 2 nitrogen and oxygen atoms in total. The average molecular weight is 291 g/mol. The number of hydrogen-bond donors (Lipinski definition) is 0. The summed E-state index contributed by atoms with van der Waals surface area (Å²) in [7, 11) is 0. The third-order valence-corrected chi connectivity index (χ3v) is 2.54. The number of carbonyl (C=O) groups excluding carboxylic acids is 1. The Labute approximate surface area is 108 Å². The number of allylic oxidation sites excluding steroid dienone is 1. The maximum absolute atomic E-state index is 11.4. The highest BCUT2D eigenvalue weighted by atomic mass is 79.9. The van der Waals surface area contributed by atoms with Gasteiger partial charge < -0.3 is 4.74 Å². The minimum Gasteiger partial charge on any atom is -0.465 e. The molecule has 0 aromatic carbocycles. The van der Waals surface area contributed by atoms with Crippen LogP contribution < -0.4 is 0 Å². The molecule has 0 fully saturated rings. The van der Waals surface area contributed by atoms with Gasteiger partial charge in [0, 0.05) is 0 Å². The molecule has 0 unspecified atom stereocenters. The average Bonchev–Trinajstić information content (AvgIpc) is 2.14. The van der Waals surface area contributed by atoms with Crippen molar-refractivity contribution in [3.63, 3.8) is 0 Å². The largest absolute Gasteiger partial charge is 0.465 e. The van der Waals surface area contributed by atoms with E-state index in [0.29, 0.717) is 6.61 Å². The van der Waals surface area contributed by atoms with Crippen molar-refractivity contribution >= 4 is 21.9 Å². The third kappa shape index (κ3) is 8.96. The van der Waals surface area contributed by atoms with Crippen molar-refractivity contribution in [2.45, 2.75) is 57.2 Å². The first-order valence-electron chi connectivity index (χ1n) is 5.84. The molecule has 0 spiro atoms. The molecule has 94 valence electrons. The molecule has 0 bridgehead atoms. The number of unbranched alkanes of at least 4 members (excludes halogenated alkanes) is 3. The number of ether oxygens (including phenoxy) is 1.